The van der Waals surface area contributed by atoms with Crippen molar-refractivity contribution in [2.75, 3.05) is 40.6 Å². The summed E-state index contributed by atoms with van der Waals surface area (Å²) in [7, 11) is 2.98. The Balaban J connectivity index is 0.00000544. The van der Waals surface area contributed by atoms with E-state index in [1.165, 1.54) is 7.11 Å². The van der Waals surface area contributed by atoms with Gasteiger partial charge in [0, 0.05) is 26.3 Å². The SMILES string of the molecule is CCOCCCNC(=NCc1cccc(OCC(=O)OC)c1)NCc1ccc(OC)cc1.I. The molecule has 0 aliphatic rings. The molecule has 0 saturated heterocycles. The number of nitrogens with zero attached hydrogens (tertiary/aromatic N) is 1. The van der Waals surface area contributed by atoms with E-state index in [1.54, 1.807) is 13.2 Å². The molecular formula is C24H34IN3O5. The van der Waals surface area contributed by atoms with Crippen molar-refractivity contribution < 1.29 is 23.7 Å². The van der Waals surface area contributed by atoms with E-state index in [2.05, 4.69) is 15.4 Å². The predicted octanol–water partition coefficient (Wildman–Crippen LogP) is 3.53. The van der Waals surface area contributed by atoms with Crippen LogP contribution in [0.5, 0.6) is 11.5 Å². The van der Waals surface area contributed by atoms with Crippen molar-refractivity contribution in [3.05, 3.63) is 59.7 Å². The molecule has 182 valence electrons. The molecule has 0 heterocycles. The average Bonchev–Trinajstić information content (AvgIpc) is 2.84. The summed E-state index contributed by atoms with van der Waals surface area (Å²) >= 11 is 0. The molecule has 8 nitrogen and oxygen atoms in total. The highest BCUT2D eigenvalue weighted by molar-refractivity contribution is 14.0. The van der Waals surface area contributed by atoms with Crippen molar-refractivity contribution in [2.45, 2.75) is 26.4 Å². The topological polar surface area (TPSA) is 90.4 Å². The summed E-state index contributed by atoms with van der Waals surface area (Å²) < 4.78 is 20.7. The first-order valence-corrected chi connectivity index (χ1v) is 10.7. The van der Waals surface area contributed by atoms with Crippen LogP contribution in [0.1, 0.15) is 24.5 Å². The van der Waals surface area contributed by atoms with Crippen molar-refractivity contribution in [1.29, 1.82) is 0 Å². The van der Waals surface area contributed by atoms with Crippen LogP contribution in [-0.2, 0) is 27.4 Å². The maximum Gasteiger partial charge on any atom is 0.343 e. The lowest BCUT2D eigenvalue weighted by Crippen LogP contribution is -2.37. The molecule has 0 radical (unpaired) electrons. The third-order valence-corrected chi connectivity index (χ3v) is 4.48. The Kier molecular flexibility index (Phi) is 14.7. The number of rotatable bonds is 13. The Labute approximate surface area is 213 Å². The number of halogens is 1. The lowest BCUT2D eigenvalue weighted by molar-refractivity contribution is -0.142. The number of aliphatic imine (C=N–C) groups is 1. The van der Waals surface area contributed by atoms with Crippen molar-refractivity contribution in [3.8, 4) is 11.5 Å². The van der Waals surface area contributed by atoms with Gasteiger partial charge >= 0.3 is 5.97 Å². The van der Waals surface area contributed by atoms with Crippen LogP contribution < -0.4 is 20.1 Å². The van der Waals surface area contributed by atoms with Crippen molar-refractivity contribution in [3.63, 3.8) is 0 Å². The zero-order valence-corrected chi connectivity index (χ0v) is 21.8. The van der Waals surface area contributed by atoms with Gasteiger partial charge in [-0.2, -0.15) is 0 Å². The molecule has 0 unspecified atom stereocenters. The number of hydrogen-bond donors (Lipinski definition) is 2. The van der Waals surface area contributed by atoms with Crippen molar-refractivity contribution in [1.82, 2.24) is 10.6 Å². The Hall–Kier alpha value is -2.53. The minimum atomic E-state index is -0.422. The van der Waals surface area contributed by atoms with Gasteiger partial charge in [-0.15, -0.1) is 24.0 Å². The number of ether oxygens (including phenoxy) is 4. The third kappa shape index (κ3) is 11.8. The van der Waals surface area contributed by atoms with Gasteiger partial charge in [0.05, 0.1) is 20.8 Å². The first-order chi connectivity index (χ1) is 15.6. The second kappa shape index (κ2) is 17.0. The van der Waals surface area contributed by atoms with E-state index in [0.29, 0.717) is 38.0 Å². The first-order valence-electron chi connectivity index (χ1n) is 10.7. The van der Waals surface area contributed by atoms with Gasteiger partial charge in [0.2, 0.25) is 0 Å². The summed E-state index contributed by atoms with van der Waals surface area (Å²) in [5.74, 6) is 1.71. The van der Waals surface area contributed by atoms with Crippen LogP contribution in [0.3, 0.4) is 0 Å². The first kappa shape index (κ1) is 28.5. The van der Waals surface area contributed by atoms with Crippen LogP contribution in [0.25, 0.3) is 0 Å². The maximum atomic E-state index is 11.3. The average molecular weight is 571 g/mol. The zero-order chi connectivity index (χ0) is 23.0. The van der Waals surface area contributed by atoms with E-state index >= 15 is 0 Å². The molecule has 0 fully saturated rings. The van der Waals surface area contributed by atoms with Gasteiger partial charge in [-0.05, 0) is 48.7 Å². The smallest absolute Gasteiger partial charge is 0.343 e. The van der Waals surface area contributed by atoms with Crippen LogP contribution in [0, 0.1) is 0 Å². The second-order valence-electron chi connectivity index (χ2n) is 6.86. The molecule has 0 aromatic heterocycles. The van der Waals surface area contributed by atoms with E-state index in [0.717, 1.165) is 29.8 Å². The summed E-state index contributed by atoms with van der Waals surface area (Å²) in [6.45, 7) is 5.11. The summed E-state index contributed by atoms with van der Waals surface area (Å²) in [5.41, 5.74) is 2.08. The minimum absolute atomic E-state index is 0. The molecule has 0 atom stereocenters. The van der Waals surface area contributed by atoms with Gasteiger partial charge in [0.15, 0.2) is 12.6 Å². The quantitative estimate of drug-likeness (QED) is 0.125. The maximum absolute atomic E-state index is 11.3. The number of hydrogen-bond acceptors (Lipinski definition) is 6. The van der Waals surface area contributed by atoms with E-state index in [1.807, 2.05) is 49.4 Å². The molecule has 2 N–H and O–H groups in total. The highest BCUT2D eigenvalue weighted by Gasteiger charge is 2.04. The third-order valence-electron chi connectivity index (χ3n) is 4.48. The van der Waals surface area contributed by atoms with Crippen molar-refractivity contribution >= 4 is 35.9 Å². The Morgan fingerprint density at radius 2 is 1.79 bits per heavy atom. The normalized spacial score (nSPS) is 10.7. The number of carbonyl (C=O) groups is 1. The fourth-order valence-electron chi connectivity index (χ4n) is 2.73. The van der Waals surface area contributed by atoms with Gasteiger partial charge in [-0.25, -0.2) is 9.79 Å². The molecule has 2 aromatic carbocycles. The molecule has 0 saturated carbocycles. The highest BCUT2D eigenvalue weighted by atomic mass is 127. The summed E-state index contributed by atoms with van der Waals surface area (Å²) in [6, 6.07) is 15.4. The Morgan fingerprint density at radius 3 is 2.48 bits per heavy atom. The zero-order valence-electron chi connectivity index (χ0n) is 19.5. The molecular weight excluding hydrogens is 537 g/mol. The lowest BCUT2D eigenvalue weighted by atomic mass is 10.2. The number of carbonyl (C=O) groups excluding carboxylic acids is 1. The molecule has 2 aromatic rings. The molecule has 0 aliphatic carbocycles. The number of methoxy groups -OCH3 is 2. The van der Waals surface area contributed by atoms with Gasteiger partial charge in [-0.3, -0.25) is 0 Å². The Bertz CT molecular complexity index is 846. The number of nitrogens with one attached hydrogen (secondary N) is 2. The molecule has 0 aliphatic heterocycles. The molecule has 2 rings (SSSR count). The molecule has 33 heavy (non-hydrogen) atoms. The van der Waals surface area contributed by atoms with Crippen LogP contribution in [0.2, 0.25) is 0 Å². The molecule has 0 amide bonds. The van der Waals surface area contributed by atoms with Crippen LogP contribution in [-0.4, -0.2) is 52.5 Å². The van der Waals surface area contributed by atoms with Crippen molar-refractivity contribution in [2.24, 2.45) is 4.99 Å². The summed E-state index contributed by atoms with van der Waals surface area (Å²) in [5, 5.41) is 6.71. The largest absolute Gasteiger partial charge is 0.497 e. The second-order valence-corrected chi connectivity index (χ2v) is 6.86. The molecule has 0 bridgehead atoms. The standard InChI is InChI=1S/C24H33N3O5.HI/c1-4-31-14-6-13-25-24(26-16-19-9-11-21(29-2)12-10-19)27-17-20-7-5-8-22(15-20)32-18-23(28)30-3;/h5,7-12,15H,4,6,13-14,16-18H2,1-3H3,(H2,25,26,27);1H. The van der Waals surface area contributed by atoms with E-state index in [4.69, 9.17) is 19.2 Å². The van der Waals surface area contributed by atoms with Gasteiger partial charge in [0.25, 0.3) is 0 Å². The number of guanidine groups is 1. The monoisotopic (exact) mass is 571 g/mol. The van der Waals surface area contributed by atoms with Crippen LogP contribution >= 0.6 is 24.0 Å². The van der Waals surface area contributed by atoms with Gasteiger partial charge in [-0.1, -0.05) is 24.3 Å². The van der Waals surface area contributed by atoms with E-state index < -0.39 is 5.97 Å². The van der Waals surface area contributed by atoms with Crippen LogP contribution in [0.4, 0.5) is 0 Å². The van der Waals surface area contributed by atoms with E-state index in [9.17, 15) is 4.79 Å². The molecule has 0 spiro atoms. The van der Waals surface area contributed by atoms with Gasteiger partial charge in [0.1, 0.15) is 11.5 Å². The van der Waals surface area contributed by atoms with Gasteiger partial charge < -0.3 is 29.6 Å². The number of esters is 1. The summed E-state index contributed by atoms with van der Waals surface area (Å²) in [4.78, 5) is 16.0. The summed E-state index contributed by atoms with van der Waals surface area (Å²) in [6.07, 6.45) is 0.883. The fourth-order valence-corrected chi connectivity index (χ4v) is 2.73. The highest BCUT2D eigenvalue weighted by Crippen LogP contribution is 2.14. The fraction of sp³-hybridized carbons (Fsp3) is 0.417. The number of benzene rings is 2. The van der Waals surface area contributed by atoms with E-state index in [-0.39, 0.29) is 30.6 Å². The van der Waals surface area contributed by atoms with Crippen LogP contribution in [0.15, 0.2) is 53.5 Å². The molecule has 9 heteroatoms. The predicted molar refractivity (Wildman–Crippen MR) is 139 cm³/mol. The minimum Gasteiger partial charge on any atom is -0.497 e. The lowest BCUT2D eigenvalue weighted by Gasteiger charge is -2.13. The Morgan fingerprint density at radius 1 is 1.00 bits per heavy atom.